The minimum Gasteiger partial charge on any atom is -0.480 e. The average Bonchev–Trinajstić information content (AvgIpc) is 2.37. The van der Waals surface area contributed by atoms with Gasteiger partial charge in [0.1, 0.15) is 5.25 Å². The number of rotatable bonds is 5. The minimum absolute atomic E-state index is 0.203. The zero-order chi connectivity index (χ0) is 13.8. The number of aliphatic carboxylic acids is 1. The molecule has 1 aromatic heterocycles. The highest BCUT2D eigenvalue weighted by Crippen LogP contribution is 2.26. The molecule has 0 aliphatic carbocycles. The van der Waals surface area contributed by atoms with Crippen molar-refractivity contribution in [3.8, 4) is 0 Å². The van der Waals surface area contributed by atoms with Gasteiger partial charge in [-0.1, -0.05) is 36.0 Å². The van der Waals surface area contributed by atoms with Crippen LogP contribution in [-0.2, 0) is 4.79 Å². The van der Waals surface area contributed by atoms with Crippen LogP contribution in [0.4, 0.5) is 0 Å². The van der Waals surface area contributed by atoms with E-state index in [1.807, 2.05) is 36.4 Å². The van der Waals surface area contributed by atoms with E-state index in [2.05, 4.69) is 4.98 Å². The minimum atomic E-state index is -0.930. The summed E-state index contributed by atoms with van der Waals surface area (Å²) in [6.07, 6.45) is -0.442. The van der Waals surface area contributed by atoms with Crippen molar-refractivity contribution in [1.29, 1.82) is 0 Å². The second-order valence-corrected chi connectivity index (χ2v) is 5.59. The Kier molecular flexibility index (Phi) is 4.39. The molecule has 19 heavy (non-hydrogen) atoms. The van der Waals surface area contributed by atoms with Crippen LogP contribution in [0.2, 0.25) is 0 Å². The Bertz CT molecular complexity index is 586. The SMILES string of the molecule is C[C@@H](O)C[C@H](Sc1ccc2ccccc2n1)C(=O)O. The van der Waals surface area contributed by atoms with Gasteiger partial charge < -0.3 is 10.2 Å². The van der Waals surface area contributed by atoms with Gasteiger partial charge >= 0.3 is 5.97 Å². The third-order valence-electron chi connectivity index (χ3n) is 2.67. The van der Waals surface area contributed by atoms with Crippen molar-refractivity contribution in [2.75, 3.05) is 0 Å². The number of aliphatic hydroxyl groups is 1. The standard InChI is InChI=1S/C14H15NO3S/c1-9(16)8-12(14(17)18)19-13-7-6-10-4-2-3-5-11(10)15-13/h2-7,9,12,16H,8H2,1H3,(H,17,18)/t9-,12+/m1/s1. The highest BCUT2D eigenvalue weighted by Gasteiger charge is 2.21. The summed E-state index contributed by atoms with van der Waals surface area (Å²) in [5.41, 5.74) is 0.841. The second kappa shape index (κ2) is 6.04. The van der Waals surface area contributed by atoms with Crippen LogP contribution < -0.4 is 0 Å². The quantitative estimate of drug-likeness (QED) is 0.822. The molecule has 1 heterocycles. The van der Waals surface area contributed by atoms with Crippen LogP contribution in [0.1, 0.15) is 13.3 Å². The molecule has 4 nitrogen and oxygen atoms in total. The molecular weight excluding hydrogens is 262 g/mol. The first-order chi connectivity index (χ1) is 9.06. The molecule has 0 aliphatic rings. The number of carboxylic acid groups (broad SMARTS) is 1. The number of benzene rings is 1. The molecule has 2 rings (SSSR count). The molecule has 2 atom stereocenters. The molecule has 1 aromatic carbocycles. The molecule has 0 aliphatic heterocycles. The van der Waals surface area contributed by atoms with Gasteiger partial charge in [0, 0.05) is 5.39 Å². The van der Waals surface area contributed by atoms with Gasteiger partial charge in [-0.25, -0.2) is 4.98 Å². The van der Waals surface area contributed by atoms with Crippen molar-refractivity contribution < 1.29 is 15.0 Å². The van der Waals surface area contributed by atoms with Crippen molar-refractivity contribution in [1.82, 2.24) is 4.98 Å². The van der Waals surface area contributed by atoms with Crippen molar-refractivity contribution >= 4 is 28.6 Å². The van der Waals surface area contributed by atoms with E-state index in [0.717, 1.165) is 10.9 Å². The normalized spacial score (nSPS) is 14.2. The van der Waals surface area contributed by atoms with Gasteiger partial charge in [-0.15, -0.1) is 0 Å². The van der Waals surface area contributed by atoms with Crippen molar-refractivity contribution in [3.05, 3.63) is 36.4 Å². The van der Waals surface area contributed by atoms with Crippen LogP contribution in [0.5, 0.6) is 0 Å². The largest absolute Gasteiger partial charge is 0.480 e. The number of thioether (sulfide) groups is 1. The summed E-state index contributed by atoms with van der Waals surface area (Å²) in [5.74, 6) is -0.930. The molecule has 100 valence electrons. The number of para-hydroxylation sites is 1. The molecule has 0 spiro atoms. The predicted octanol–water partition coefficient (Wildman–Crippen LogP) is 2.55. The lowest BCUT2D eigenvalue weighted by atomic mass is 10.2. The summed E-state index contributed by atoms with van der Waals surface area (Å²) in [4.78, 5) is 15.6. The van der Waals surface area contributed by atoms with Crippen molar-refractivity contribution in [2.24, 2.45) is 0 Å². The fraction of sp³-hybridized carbons (Fsp3) is 0.286. The number of aliphatic hydroxyl groups excluding tert-OH is 1. The Balaban J connectivity index is 2.21. The summed E-state index contributed by atoms with van der Waals surface area (Å²) in [5, 5.41) is 19.5. The van der Waals surface area contributed by atoms with Crippen LogP contribution in [-0.4, -0.2) is 32.5 Å². The zero-order valence-electron chi connectivity index (χ0n) is 10.5. The van der Waals surface area contributed by atoms with E-state index in [1.54, 1.807) is 6.92 Å². The summed E-state index contributed by atoms with van der Waals surface area (Å²) in [6.45, 7) is 1.59. The molecule has 0 bridgehead atoms. The smallest absolute Gasteiger partial charge is 0.317 e. The average molecular weight is 277 g/mol. The van der Waals surface area contributed by atoms with E-state index < -0.39 is 17.3 Å². The maximum atomic E-state index is 11.1. The van der Waals surface area contributed by atoms with Crippen molar-refractivity contribution in [3.63, 3.8) is 0 Å². The topological polar surface area (TPSA) is 70.4 Å². The Hall–Kier alpha value is -1.59. The van der Waals surface area contributed by atoms with Gasteiger partial charge in [-0.2, -0.15) is 0 Å². The first-order valence-corrected chi connectivity index (χ1v) is 6.87. The molecule has 2 aromatic rings. The first kappa shape index (κ1) is 13.8. The highest BCUT2D eigenvalue weighted by molar-refractivity contribution is 8.00. The van der Waals surface area contributed by atoms with E-state index in [9.17, 15) is 9.90 Å². The molecule has 0 saturated heterocycles. The van der Waals surface area contributed by atoms with Gasteiger partial charge in [0.15, 0.2) is 0 Å². The number of nitrogens with zero attached hydrogens (tertiary/aromatic N) is 1. The third kappa shape index (κ3) is 3.68. The Morgan fingerprint density at radius 2 is 2.05 bits per heavy atom. The molecule has 0 amide bonds. The second-order valence-electron chi connectivity index (χ2n) is 4.37. The van der Waals surface area contributed by atoms with Gasteiger partial charge in [-0.3, -0.25) is 4.79 Å². The van der Waals surface area contributed by atoms with Crippen LogP contribution in [0.15, 0.2) is 41.4 Å². The maximum Gasteiger partial charge on any atom is 0.317 e. The summed E-state index contributed by atoms with van der Waals surface area (Å²) in [7, 11) is 0. The zero-order valence-corrected chi connectivity index (χ0v) is 11.3. The van der Waals surface area contributed by atoms with Gasteiger partial charge in [0.25, 0.3) is 0 Å². The fourth-order valence-corrected chi connectivity index (χ4v) is 2.83. The van der Waals surface area contributed by atoms with Crippen molar-refractivity contribution in [2.45, 2.75) is 29.7 Å². The number of pyridine rings is 1. The lowest BCUT2D eigenvalue weighted by Gasteiger charge is -2.13. The Morgan fingerprint density at radius 3 is 2.74 bits per heavy atom. The Morgan fingerprint density at radius 1 is 1.32 bits per heavy atom. The highest BCUT2D eigenvalue weighted by atomic mass is 32.2. The maximum absolute atomic E-state index is 11.1. The van der Waals surface area contributed by atoms with E-state index in [-0.39, 0.29) is 6.42 Å². The fourth-order valence-electron chi connectivity index (χ4n) is 1.77. The number of carbonyl (C=O) groups is 1. The number of carboxylic acids is 1. The van der Waals surface area contributed by atoms with E-state index in [1.165, 1.54) is 11.8 Å². The molecular formula is C14H15NO3S. The number of fused-ring (bicyclic) bond motifs is 1. The van der Waals surface area contributed by atoms with Gasteiger partial charge in [0.05, 0.1) is 16.6 Å². The molecule has 2 N–H and O–H groups in total. The number of hydrogen-bond donors (Lipinski definition) is 2. The van der Waals surface area contributed by atoms with E-state index in [4.69, 9.17) is 5.11 Å². The lowest BCUT2D eigenvalue weighted by Crippen LogP contribution is -2.21. The Labute approximate surface area is 115 Å². The number of aromatic nitrogens is 1. The predicted molar refractivity (Wildman–Crippen MR) is 75.3 cm³/mol. The van der Waals surface area contributed by atoms with Crippen LogP contribution in [0.25, 0.3) is 10.9 Å². The van der Waals surface area contributed by atoms with Crippen LogP contribution >= 0.6 is 11.8 Å². The molecule has 0 fully saturated rings. The van der Waals surface area contributed by atoms with Gasteiger partial charge in [0.2, 0.25) is 0 Å². The van der Waals surface area contributed by atoms with E-state index in [0.29, 0.717) is 5.03 Å². The van der Waals surface area contributed by atoms with Crippen LogP contribution in [0.3, 0.4) is 0 Å². The summed E-state index contributed by atoms with van der Waals surface area (Å²) >= 11 is 1.17. The van der Waals surface area contributed by atoms with Crippen LogP contribution in [0, 0.1) is 0 Å². The first-order valence-electron chi connectivity index (χ1n) is 5.99. The summed E-state index contributed by atoms with van der Waals surface area (Å²) in [6, 6.07) is 11.4. The lowest BCUT2D eigenvalue weighted by molar-refractivity contribution is -0.136. The third-order valence-corrected chi connectivity index (χ3v) is 3.81. The molecule has 5 heteroatoms. The molecule has 0 saturated carbocycles. The molecule has 0 unspecified atom stereocenters. The molecule has 0 radical (unpaired) electrons. The van der Waals surface area contributed by atoms with Gasteiger partial charge in [-0.05, 0) is 25.5 Å². The number of hydrogen-bond acceptors (Lipinski definition) is 4. The summed E-state index contributed by atoms with van der Waals surface area (Å²) < 4.78 is 0. The van der Waals surface area contributed by atoms with E-state index >= 15 is 0 Å². The monoisotopic (exact) mass is 277 g/mol.